The Morgan fingerprint density at radius 3 is 1.51 bits per heavy atom. The molecule has 0 atom stereocenters. The second-order valence-corrected chi connectivity index (χ2v) is 17.4. The molecule has 1 fully saturated rings. The zero-order chi connectivity index (χ0) is 39.6. The Morgan fingerprint density at radius 2 is 0.864 bits per heavy atom. The number of hydrogen-bond donors (Lipinski definition) is 0. The van der Waals surface area contributed by atoms with Crippen molar-refractivity contribution in [1.29, 1.82) is 0 Å². The van der Waals surface area contributed by atoms with Crippen molar-refractivity contribution in [3.05, 3.63) is 233 Å². The van der Waals surface area contributed by atoms with Gasteiger partial charge >= 0.3 is 0 Å². The van der Waals surface area contributed by atoms with Crippen molar-refractivity contribution in [3.8, 4) is 33.4 Å². The van der Waals surface area contributed by atoms with Crippen LogP contribution in [-0.2, 0) is 10.8 Å². The Hall–Kier alpha value is -6.44. The third kappa shape index (κ3) is 5.44. The summed E-state index contributed by atoms with van der Waals surface area (Å²) in [5.41, 5.74) is 20.0. The van der Waals surface area contributed by atoms with Gasteiger partial charge in [0.05, 0.1) is 11.1 Å². The largest absolute Gasteiger partial charge is 0.310 e. The van der Waals surface area contributed by atoms with Gasteiger partial charge in [0.1, 0.15) is 0 Å². The molecule has 1 heteroatoms. The summed E-state index contributed by atoms with van der Waals surface area (Å²) in [5, 5.41) is 0. The van der Waals surface area contributed by atoms with Crippen LogP contribution >= 0.6 is 0 Å². The molecule has 0 spiro atoms. The van der Waals surface area contributed by atoms with E-state index in [4.69, 9.17) is 0 Å². The quantitative estimate of drug-likeness (QED) is 0.163. The Morgan fingerprint density at radius 1 is 0.390 bits per heavy atom. The van der Waals surface area contributed by atoms with E-state index >= 15 is 0 Å². The van der Waals surface area contributed by atoms with Crippen molar-refractivity contribution >= 4 is 17.1 Å². The number of rotatable bonds is 6. The number of fused-ring (bicyclic) bond motifs is 8. The molecule has 11 rings (SSSR count). The van der Waals surface area contributed by atoms with E-state index in [1.807, 2.05) is 0 Å². The van der Waals surface area contributed by atoms with E-state index in [-0.39, 0.29) is 5.41 Å². The maximum atomic E-state index is 2.65. The molecule has 0 N–H and O–H groups in total. The lowest BCUT2D eigenvalue weighted by Crippen LogP contribution is -2.33. The lowest BCUT2D eigenvalue weighted by molar-refractivity contribution is 0.444. The average Bonchev–Trinajstić information content (AvgIpc) is 3.46. The normalized spacial score (nSPS) is 15.8. The minimum absolute atomic E-state index is 0.133. The molecular formula is C58H49N. The predicted octanol–water partition coefficient (Wildman–Crippen LogP) is 15.5. The highest BCUT2D eigenvalue weighted by Gasteiger charge is 2.46. The van der Waals surface area contributed by atoms with Crippen molar-refractivity contribution in [3.63, 3.8) is 0 Å². The van der Waals surface area contributed by atoms with Crippen LogP contribution in [0.3, 0.4) is 0 Å². The molecule has 59 heavy (non-hydrogen) atoms. The molecule has 8 aromatic rings. The third-order valence-corrected chi connectivity index (χ3v) is 14.0. The summed E-state index contributed by atoms with van der Waals surface area (Å²) in [6, 6.07) is 73.7. The van der Waals surface area contributed by atoms with Gasteiger partial charge in [-0.2, -0.15) is 0 Å². The van der Waals surface area contributed by atoms with Gasteiger partial charge in [-0.1, -0.05) is 203 Å². The van der Waals surface area contributed by atoms with Gasteiger partial charge in [0, 0.05) is 16.8 Å². The van der Waals surface area contributed by atoms with Gasteiger partial charge in [-0.05, 0) is 115 Å². The molecule has 0 saturated heterocycles. The first-order valence-electron chi connectivity index (χ1n) is 21.6. The topological polar surface area (TPSA) is 3.24 Å². The maximum Gasteiger partial charge on any atom is 0.0733 e. The lowest BCUT2D eigenvalue weighted by Gasteiger charge is -2.42. The van der Waals surface area contributed by atoms with Gasteiger partial charge in [-0.25, -0.2) is 0 Å². The van der Waals surface area contributed by atoms with Crippen LogP contribution < -0.4 is 4.90 Å². The molecule has 0 aromatic heterocycles. The number of nitrogens with zero attached hydrogens (tertiary/aromatic N) is 1. The molecule has 1 nitrogen and oxygen atoms in total. The summed E-state index contributed by atoms with van der Waals surface area (Å²) in [6.07, 6.45) is 6.35. The summed E-state index contributed by atoms with van der Waals surface area (Å²) in [5.74, 6) is 0.515. The van der Waals surface area contributed by atoms with E-state index in [0.29, 0.717) is 5.92 Å². The zero-order valence-electron chi connectivity index (χ0n) is 34.0. The zero-order valence-corrected chi connectivity index (χ0v) is 34.0. The molecule has 0 unspecified atom stereocenters. The fourth-order valence-electron chi connectivity index (χ4n) is 11.3. The van der Waals surface area contributed by atoms with Crippen LogP contribution in [0.4, 0.5) is 17.1 Å². The van der Waals surface area contributed by atoms with Gasteiger partial charge in [0.25, 0.3) is 0 Å². The fraction of sp³-hybridized carbons (Fsp3) is 0.172. The summed E-state index contributed by atoms with van der Waals surface area (Å²) in [6.45, 7) is 4.80. The van der Waals surface area contributed by atoms with Crippen LogP contribution in [0.5, 0.6) is 0 Å². The second kappa shape index (κ2) is 14.1. The van der Waals surface area contributed by atoms with E-state index in [0.717, 1.165) is 0 Å². The smallest absolute Gasteiger partial charge is 0.0733 e. The van der Waals surface area contributed by atoms with Crippen LogP contribution in [0.2, 0.25) is 0 Å². The van der Waals surface area contributed by atoms with E-state index in [9.17, 15) is 0 Å². The van der Waals surface area contributed by atoms with Crippen molar-refractivity contribution in [2.45, 2.75) is 62.7 Å². The number of para-hydroxylation sites is 2. The van der Waals surface area contributed by atoms with Gasteiger partial charge in [-0.3, -0.25) is 0 Å². The second-order valence-electron chi connectivity index (χ2n) is 17.4. The maximum absolute atomic E-state index is 2.65. The number of hydrogen-bond acceptors (Lipinski definition) is 1. The molecular weight excluding hydrogens is 711 g/mol. The first kappa shape index (κ1) is 35.7. The van der Waals surface area contributed by atoms with E-state index < -0.39 is 5.41 Å². The average molecular weight is 760 g/mol. The van der Waals surface area contributed by atoms with Crippen LogP contribution in [-0.4, -0.2) is 0 Å². The summed E-state index contributed by atoms with van der Waals surface area (Å²) in [4.78, 5) is 2.65. The molecule has 0 amide bonds. The monoisotopic (exact) mass is 759 g/mol. The standard InChI is InChI=1S/C58H49N/c1-57(2)50-31-15-11-30-48(50)49-38-37-42(39-54(49)57)59(55-35-19-14-25-43(55)40-21-5-3-6-22-40)56-36-20-18-34-53(56)58(41-23-7-4-8-24-41)51-32-16-12-28-46(51)44-26-9-10-27-45(44)47-29-13-17-33-52(47)58/h4,7-20,23-40H,3,5-6,21-22H2,1-2H3. The molecule has 0 aliphatic heterocycles. The molecule has 0 bridgehead atoms. The molecule has 8 aromatic carbocycles. The van der Waals surface area contributed by atoms with E-state index in [1.54, 1.807) is 0 Å². The first-order valence-corrected chi connectivity index (χ1v) is 21.6. The van der Waals surface area contributed by atoms with Gasteiger partial charge < -0.3 is 4.90 Å². The van der Waals surface area contributed by atoms with Gasteiger partial charge in [0.15, 0.2) is 0 Å². The molecule has 3 aliphatic carbocycles. The highest BCUT2D eigenvalue weighted by molar-refractivity contribution is 5.95. The van der Waals surface area contributed by atoms with Crippen molar-refractivity contribution in [1.82, 2.24) is 0 Å². The molecule has 286 valence electrons. The molecule has 0 radical (unpaired) electrons. The minimum atomic E-state index is -0.672. The van der Waals surface area contributed by atoms with Crippen molar-refractivity contribution < 1.29 is 0 Å². The first-order chi connectivity index (χ1) is 29.1. The number of anilines is 3. The summed E-state index contributed by atoms with van der Waals surface area (Å²) >= 11 is 0. The highest BCUT2D eigenvalue weighted by atomic mass is 15.1. The fourth-order valence-corrected chi connectivity index (χ4v) is 11.3. The number of benzene rings is 8. The predicted molar refractivity (Wildman–Crippen MR) is 247 cm³/mol. The third-order valence-electron chi connectivity index (χ3n) is 14.0. The SMILES string of the molecule is CC1(C)c2ccccc2-c2ccc(N(c3ccccc3C3CCCCC3)c3ccccc3C3(c4ccccc4)c4ccccc4-c4ccccc4-c4ccccc43)cc21. The highest BCUT2D eigenvalue weighted by Crippen LogP contribution is 2.59. The van der Waals surface area contributed by atoms with E-state index in [2.05, 4.69) is 213 Å². The van der Waals surface area contributed by atoms with Crippen LogP contribution in [0.15, 0.2) is 194 Å². The van der Waals surface area contributed by atoms with Gasteiger partial charge in [-0.15, -0.1) is 0 Å². The van der Waals surface area contributed by atoms with Crippen molar-refractivity contribution in [2.75, 3.05) is 4.90 Å². The Kier molecular flexibility index (Phi) is 8.55. The summed E-state index contributed by atoms with van der Waals surface area (Å²) < 4.78 is 0. The Balaban J connectivity index is 1.26. The molecule has 0 heterocycles. The van der Waals surface area contributed by atoms with Crippen LogP contribution in [0, 0.1) is 0 Å². The Bertz CT molecular complexity index is 2790. The minimum Gasteiger partial charge on any atom is -0.310 e. The van der Waals surface area contributed by atoms with E-state index in [1.165, 1.54) is 121 Å². The molecule has 3 aliphatic rings. The summed E-state index contributed by atoms with van der Waals surface area (Å²) in [7, 11) is 0. The van der Waals surface area contributed by atoms with Crippen molar-refractivity contribution in [2.24, 2.45) is 0 Å². The van der Waals surface area contributed by atoms with Gasteiger partial charge in [0.2, 0.25) is 0 Å². The van der Waals surface area contributed by atoms with Crippen LogP contribution in [0.1, 0.15) is 90.8 Å². The van der Waals surface area contributed by atoms with Crippen LogP contribution in [0.25, 0.3) is 33.4 Å². The lowest BCUT2D eigenvalue weighted by atomic mass is 9.63. The Labute approximate surface area is 349 Å². The molecule has 1 saturated carbocycles.